The van der Waals surface area contributed by atoms with Crippen LogP contribution in [0.4, 0.5) is 10.1 Å². The fourth-order valence-corrected chi connectivity index (χ4v) is 2.12. The molecule has 23 heavy (non-hydrogen) atoms. The molecule has 120 valence electrons. The van der Waals surface area contributed by atoms with Crippen LogP contribution in [0.25, 0.3) is 0 Å². The number of rotatable bonds is 6. The van der Waals surface area contributed by atoms with Gasteiger partial charge < -0.3 is 10.6 Å². The number of aryl methyl sites for hydroxylation is 1. The minimum Gasteiger partial charge on any atom is -0.348 e. The number of carbonyl (C=O) groups is 2. The summed E-state index contributed by atoms with van der Waals surface area (Å²) in [5, 5.41) is 4.79. The monoisotopic (exact) mass is 314 g/mol. The van der Waals surface area contributed by atoms with Crippen molar-refractivity contribution in [2.75, 3.05) is 11.9 Å². The number of amides is 2. The van der Waals surface area contributed by atoms with E-state index >= 15 is 0 Å². The van der Waals surface area contributed by atoms with E-state index in [4.69, 9.17) is 0 Å². The Labute approximate surface area is 134 Å². The van der Waals surface area contributed by atoms with E-state index in [0.29, 0.717) is 6.54 Å². The highest BCUT2D eigenvalue weighted by Gasteiger charge is 2.14. The van der Waals surface area contributed by atoms with Crippen molar-refractivity contribution in [2.24, 2.45) is 0 Å². The summed E-state index contributed by atoms with van der Waals surface area (Å²) >= 11 is 0. The number of halogens is 1. The van der Waals surface area contributed by atoms with E-state index < -0.39 is 17.6 Å². The number of nitrogens with one attached hydrogen (secondary N) is 2. The number of unbranched alkanes of at least 4 members (excludes halogenated alkanes) is 1. The zero-order valence-electron chi connectivity index (χ0n) is 12.7. The molecule has 0 saturated carbocycles. The Balaban J connectivity index is 1.66. The number of carbonyl (C=O) groups excluding carboxylic acids is 2. The predicted octanol–water partition coefficient (Wildman–Crippen LogP) is 2.90. The molecule has 4 nitrogen and oxygen atoms in total. The van der Waals surface area contributed by atoms with Crippen LogP contribution in [0.15, 0.2) is 54.6 Å². The molecule has 0 radical (unpaired) electrons. The molecular formula is C18H19FN2O2. The maximum atomic E-state index is 13.4. The Morgan fingerprint density at radius 1 is 0.870 bits per heavy atom. The summed E-state index contributed by atoms with van der Waals surface area (Å²) in [5.74, 6) is -2.19. The van der Waals surface area contributed by atoms with E-state index in [-0.39, 0.29) is 5.69 Å². The van der Waals surface area contributed by atoms with Crippen molar-refractivity contribution in [3.05, 3.63) is 66.0 Å². The molecule has 2 aromatic carbocycles. The molecule has 0 atom stereocenters. The fraction of sp³-hybridized carbons (Fsp3) is 0.222. The van der Waals surface area contributed by atoms with Gasteiger partial charge in [0.15, 0.2) is 0 Å². The lowest BCUT2D eigenvalue weighted by Crippen LogP contribution is -2.36. The standard InChI is InChI=1S/C18H19FN2O2/c19-15-11-4-5-12-16(15)21-18(23)17(22)20-13-7-6-10-14-8-2-1-3-9-14/h1-5,8-9,11-12H,6-7,10,13H2,(H,20,22)(H,21,23). The first kappa shape index (κ1) is 16.7. The van der Waals surface area contributed by atoms with Gasteiger partial charge in [-0.25, -0.2) is 4.39 Å². The molecule has 0 aliphatic heterocycles. The van der Waals surface area contributed by atoms with Crippen molar-refractivity contribution >= 4 is 17.5 Å². The van der Waals surface area contributed by atoms with E-state index in [9.17, 15) is 14.0 Å². The molecule has 2 aromatic rings. The van der Waals surface area contributed by atoms with Gasteiger partial charge in [0, 0.05) is 6.54 Å². The zero-order valence-corrected chi connectivity index (χ0v) is 12.7. The Kier molecular flexibility index (Phi) is 6.29. The van der Waals surface area contributed by atoms with E-state index in [1.54, 1.807) is 6.07 Å². The summed E-state index contributed by atoms with van der Waals surface area (Å²) in [6, 6.07) is 15.8. The van der Waals surface area contributed by atoms with Gasteiger partial charge in [0.25, 0.3) is 0 Å². The van der Waals surface area contributed by atoms with Crippen molar-refractivity contribution < 1.29 is 14.0 Å². The van der Waals surface area contributed by atoms with E-state index in [1.165, 1.54) is 23.8 Å². The largest absolute Gasteiger partial charge is 0.348 e. The predicted molar refractivity (Wildman–Crippen MR) is 87.4 cm³/mol. The molecule has 0 heterocycles. The summed E-state index contributed by atoms with van der Waals surface area (Å²) in [5.41, 5.74) is 1.24. The van der Waals surface area contributed by atoms with Gasteiger partial charge in [-0.05, 0) is 37.0 Å². The Morgan fingerprint density at radius 3 is 2.30 bits per heavy atom. The summed E-state index contributed by atoms with van der Waals surface area (Å²) in [7, 11) is 0. The quantitative estimate of drug-likeness (QED) is 0.636. The van der Waals surface area contributed by atoms with Crippen LogP contribution in [0, 0.1) is 5.82 Å². The van der Waals surface area contributed by atoms with Crippen LogP contribution >= 0.6 is 0 Å². The van der Waals surface area contributed by atoms with Gasteiger partial charge >= 0.3 is 11.8 Å². The molecule has 0 fully saturated rings. The molecule has 0 aliphatic carbocycles. The Bertz CT molecular complexity index is 659. The first-order chi connectivity index (χ1) is 11.2. The second kappa shape index (κ2) is 8.68. The van der Waals surface area contributed by atoms with E-state index in [0.717, 1.165) is 19.3 Å². The molecule has 5 heteroatoms. The minimum absolute atomic E-state index is 0.00303. The second-order valence-electron chi connectivity index (χ2n) is 5.13. The maximum absolute atomic E-state index is 13.4. The van der Waals surface area contributed by atoms with Crippen molar-refractivity contribution in [3.63, 3.8) is 0 Å². The minimum atomic E-state index is -0.863. The fourth-order valence-electron chi connectivity index (χ4n) is 2.12. The lowest BCUT2D eigenvalue weighted by Gasteiger charge is -2.07. The van der Waals surface area contributed by atoms with Crippen LogP contribution in [0.3, 0.4) is 0 Å². The highest BCUT2D eigenvalue weighted by atomic mass is 19.1. The normalized spacial score (nSPS) is 10.1. The first-order valence-electron chi connectivity index (χ1n) is 7.54. The van der Waals surface area contributed by atoms with Crippen LogP contribution in [0.5, 0.6) is 0 Å². The third-order valence-electron chi connectivity index (χ3n) is 3.35. The lowest BCUT2D eigenvalue weighted by molar-refractivity contribution is -0.136. The molecule has 0 unspecified atom stereocenters. The van der Waals surface area contributed by atoms with Crippen molar-refractivity contribution in [3.8, 4) is 0 Å². The molecule has 0 saturated heterocycles. The van der Waals surface area contributed by atoms with Crippen LogP contribution in [0.2, 0.25) is 0 Å². The molecule has 2 amide bonds. The number of benzene rings is 2. The summed E-state index contributed by atoms with van der Waals surface area (Å²) in [6.45, 7) is 0.413. The van der Waals surface area contributed by atoms with Gasteiger partial charge in [0.1, 0.15) is 5.82 Å². The smallest absolute Gasteiger partial charge is 0.313 e. The van der Waals surface area contributed by atoms with Gasteiger partial charge in [-0.2, -0.15) is 0 Å². The molecule has 2 rings (SSSR count). The van der Waals surface area contributed by atoms with Crippen molar-refractivity contribution in [1.82, 2.24) is 5.32 Å². The molecule has 2 N–H and O–H groups in total. The molecule has 0 spiro atoms. The highest BCUT2D eigenvalue weighted by molar-refractivity contribution is 6.39. The average molecular weight is 314 g/mol. The van der Waals surface area contributed by atoms with Gasteiger partial charge in [-0.1, -0.05) is 42.5 Å². The molecular weight excluding hydrogens is 295 g/mol. The summed E-state index contributed by atoms with van der Waals surface area (Å²) in [6.07, 6.45) is 2.62. The topological polar surface area (TPSA) is 58.2 Å². The Morgan fingerprint density at radius 2 is 1.57 bits per heavy atom. The van der Waals surface area contributed by atoms with Gasteiger partial charge in [-0.3, -0.25) is 9.59 Å². The first-order valence-corrected chi connectivity index (χ1v) is 7.54. The van der Waals surface area contributed by atoms with Gasteiger partial charge in [0.05, 0.1) is 5.69 Å². The van der Waals surface area contributed by atoms with Crippen LogP contribution < -0.4 is 10.6 Å². The number of hydrogen-bond donors (Lipinski definition) is 2. The second-order valence-corrected chi connectivity index (χ2v) is 5.13. The third-order valence-corrected chi connectivity index (χ3v) is 3.35. The molecule has 0 bridgehead atoms. The SMILES string of the molecule is O=C(NCCCCc1ccccc1)C(=O)Nc1ccccc1F. The summed E-state index contributed by atoms with van der Waals surface area (Å²) in [4.78, 5) is 23.3. The van der Waals surface area contributed by atoms with E-state index in [1.807, 2.05) is 18.2 Å². The van der Waals surface area contributed by atoms with Crippen molar-refractivity contribution in [2.45, 2.75) is 19.3 Å². The Hall–Kier alpha value is -2.69. The van der Waals surface area contributed by atoms with Gasteiger partial charge in [0.2, 0.25) is 0 Å². The third kappa shape index (κ3) is 5.54. The van der Waals surface area contributed by atoms with Crippen LogP contribution in [0.1, 0.15) is 18.4 Å². The van der Waals surface area contributed by atoms with Crippen LogP contribution in [-0.4, -0.2) is 18.4 Å². The van der Waals surface area contributed by atoms with Crippen LogP contribution in [-0.2, 0) is 16.0 Å². The zero-order chi connectivity index (χ0) is 16.5. The van der Waals surface area contributed by atoms with E-state index in [2.05, 4.69) is 22.8 Å². The summed E-state index contributed by atoms with van der Waals surface area (Å²) < 4.78 is 13.4. The average Bonchev–Trinajstić information content (AvgIpc) is 2.57. The molecule has 0 aromatic heterocycles. The maximum Gasteiger partial charge on any atom is 0.313 e. The number of hydrogen-bond acceptors (Lipinski definition) is 2. The molecule has 0 aliphatic rings. The number of anilines is 1. The van der Waals surface area contributed by atoms with Crippen molar-refractivity contribution in [1.29, 1.82) is 0 Å². The number of para-hydroxylation sites is 1. The lowest BCUT2D eigenvalue weighted by atomic mass is 10.1. The highest BCUT2D eigenvalue weighted by Crippen LogP contribution is 2.11. The van der Waals surface area contributed by atoms with Gasteiger partial charge in [-0.15, -0.1) is 0 Å².